The number of ether oxygens (including phenoxy) is 2. The molecular formula is C33H32F3N7O5S. The molecule has 4 fully saturated rings. The highest BCUT2D eigenvalue weighted by Crippen LogP contribution is 2.50. The van der Waals surface area contributed by atoms with Crippen molar-refractivity contribution in [3.63, 3.8) is 0 Å². The van der Waals surface area contributed by atoms with Crippen LogP contribution in [0.4, 0.5) is 24.0 Å². The standard InChI is InChI=1S/C33H32F3N7O5S/c34-15-7-32(4-1-5-41(32)9-15)14-48-31-39-28-25(30(40-31)43-16-6-17(43)11-42(10-16)33(44,45)46)20-13-47-12-19(20)24(27(28)36)26-21(35)2-3-22-23(26)18(8-37)29(38)49-22/h2-3,15-17,44-46H,1,4-7,9-14,38H2/t15?,16?,17?,32-/m0/s1. The summed E-state index contributed by atoms with van der Waals surface area (Å²) >= 11 is 1.11. The van der Waals surface area contributed by atoms with Gasteiger partial charge in [-0.1, -0.05) is 0 Å². The van der Waals surface area contributed by atoms with E-state index >= 15 is 8.78 Å². The molecule has 49 heavy (non-hydrogen) atoms. The van der Waals surface area contributed by atoms with Crippen LogP contribution in [0.25, 0.3) is 32.1 Å². The molecule has 4 aromatic rings. The number of fused-ring (bicyclic) bond motifs is 7. The number of likely N-dealkylation sites (tertiary alicyclic amines) is 1. The summed E-state index contributed by atoms with van der Waals surface area (Å²) in [6.45, 7) is 1.36. The summed E-state index contributed by atoms with van der Waals surface area (Å²) in [6, 6.07) is 4.02. The summed E-state index contributed by atoms with van der Waals surface area (Å²) in [5, 5.41) is 40.4. The molecule has 7 heterocycles. The van der Waals surface area contributed by atoms with E-state index in [9.17, 15) is 25.0 Å². The molecule has 5 N–H and O–H groups in total. The van der Waals surface area contributed by atoms with Crippen molar-refractivity contribution in [2.75, 3.05) is 43.4 Å². The van der Waals surface area contributed by atoms with Gasteiger partial charge >= 0.3 is 12.1 Å². The second kappa shape index (κ2) is 10.8. The first kappa shape index (κ1) is 31.2. The lowest BCUT2D eigenvalue weighted by molar-refractivity contribution is -0.399. The summed E-state index contributed by atoms with van der Waals surface area (Å²) in [5.74, 6) is -1.23. The Kier molecular flexibility index (Phi) is 6.90. The number of piperidine rings is 1. The summed E-state index contributed by atoms with van der Waals surface area (Å²) < 4.78 is 60.5. The predicted octanol–water partition coefficient (Wildman–Crippen LogP) is 3.08. The van der Waals surface area contributed by atoms with Gasteiger partial charge in [0.15, 0.2) is 5.82 Å². The Balaban J connectivity index is 1.24. The molecule has 16 heteroatoms. The third-order valence-electron chi connectivity index (χ3n) is 11.0. The third-order valence-corrected chi connectivity index (χ3v) is 12.0. The highest BCUT2D eigenvalue weighted by molar-refractivity contribution is 7.23. The van der Waals surface area contributed by atoms with E-state index in [-0.39, 0.29) is 83.6 Å². The molecule has 0 amide bonds. The number of piperazine rings is 1. The lowest BCUT2D eigenvalue weighted by Gasteiger charge is -2.58. The average Bonchev–Trinajstić information content (AvgIpc) is 3.82. The molecule has 2 aromatic heterocycles. The molecule has 0 aliphatic carbocycles. The fourth-order valence-electron chi connectivity index (χ4n) is 8.89. The smallest absolute Gasteiger partial charge is 0.345 e. The zero-order chi connectivity index (χ0) is 34.0. The van der Waals surface area contributed by atoms with E-state index < -0.39 is 29.4 Å². The molecule has 0 radical (unpaired) electrons. The third kappa shape index (κ3) is 4.57. The van der Waals surface area contributed by atoms with Gasteiger partial charge in [-0.2, -0.15) is 15.2 Å². The van der Waals surface area contributed by atoms with Gasteiger partial charge in [-0.05, 0) is 49.1 Å². The van der Waals surface area contributed by atoms with Crippen molar-refractivity contribution in [3.8, 4) is 23.2 Å². The topological polar surface area (TPSA) is 164 Å². The Morgan fingerprint density at radius 2 is 1.88 bits per heavy atom. The van der Waals surface area contributed by atoms with E-state index in [4.69, 9.17) is 20.2 Å². The Morgan fingerprint density at radius 3 is 2.63 bits per heavy atom. The quantitative estimate of drug-likeness (QED) is 0.218. The van der Waals surface area contributed by atoms with Crippen LogP contribution in [-0.4, -0.2) is 97.8 Å². The SMILES string of the molecule is N#Cc1c(N)sc2ccc(F)c(-c3c4c(c5c(N6C7CC6CN(C(O)(O)O)C7)nc(OC[C@@]67CCCN6CC(F)C7)nc5c3F)COC4)c12. The maximum Gasteiger partial charge on any atom is 0.345 e. The van der Waals surface area contributed by atoms with Gasteiger partial charge in [-0.25, -0.2) is 18.1 Å². The molecule has 2 bridgehead atoms. The average molecular weight is 696 g/mol. The number of nitrogens with zero attached hydrogens (tertiary/aromatic N) is 6. The highest BCUT2D eigenvalue weighted by Gasteiger charge is 2.52. The van der Waals surface area contributed by atoms with Crippen LogP contribution in [0.2, 0.25) is 0 Å². The summed E-state index contributed by atoms with van der Waals surface area (Å²) in [5.41, 5.74) is 6.32. The molecule has 4 saturated heterocycles. The molecule has 4 atom stereocenters. The van der Waals surface area contributed by atoms with Crippen molar-refractivity contribution >= 4 is 43.1 Å². The van der Waals surface area contributed by atoms with Crippen LogP contribution in [0.1, 0.15) is 42.4 Å². The maximum atomic E-state index is 17.4. The number of aliphatic hydroxyl groups is 3. The largest absolute Gasteiger partial charge is 0.461 e. The Bertz CT molecular complexity index is 2090. The molecule has 0 saturated carbocycles. The van der Waals surface area contributed by atoms with Crippen LogP contribution < -0.4 is 15.4 Å². The van der Waals surface area contributed by atoms with Gasteiger partial charge in [0.1, 0.15) is 41.0 Å². The number of nitrogen functional groups attached to an aromatic ring is 1. The van der Waals surface area contributed by atoms with Gasteiger partial charge in [0.05, 0.1) is 29.7 Å². The fourth-order valence-corrected chi connectivity index (χ4v) is 9.82. The van der Waals surface area contributed by atoms with E-state index in [0.717, 1.165) is 35.6 Å². The lowest BCUT2D eigenvalue weighted by atomic mass is 9.85. The van der Waals surface area contributed by atoms with E-state index in [0.29, 0.717) is 46.4 Å². The first-order chi connectivity index (χ1) is 23.5. The minimum atomic E-state index is -3.00. The van der Waals surface area contributed by atoms with Crippen LogP contribution in [0, 0.1) is 23.0 Å². The predicted molar refractivity (Wildman–Crippen MR) is 172 cm³/mol. The van der Waals surface area contributed by atoms with Gasteiger partial charge in [0.2, 0.25) is 0 Å². The number of benzene rings is 2. The molecule has 5 aliphatic rings. The summed E-state index contributed by atoms with van der Waals surface area (Å²) in [6.07, 6.45) is -1.38. The van der Waals surface area contributed by atoms with Crippen molar-refractivity contribution in [1.82, 2.24) is 19.8 Å². The number of aromatic nitrogens is 2. The fraction of sp³-hybridized carbons (Fsp3) is 0.485. The van der Waals surface area contributed by atoms with Crippen molar-refractivity contribution in [2.45, 2.75) is 68.8 Å². The van der Waals surface area contributed by atoms with E-state index in [1.807, 2.05) is 4.90 Å². The molecule has 3 unspecified atom stereocenters. The molecular weight excluding hydrogens is 663 g/mol. The molecule has 5 aliphatic heterocycles. The van der Waals surface area contributed by atoms with Crippen LogP contribution in [0.3, 0.4) is 0 Å². The Labute approximate surface area is 281 Å². The van der Waals surface area contributed by atoms with Gasteiger partial charge in [0, 0.05) is 59.4 Å². The van der Waals surface area contributed by atoms with Crippen molar-refractivity contribution in [1.29, 1.82) is 5.26 Å². The number of rotatable bonds is 6. The first-order valence-corrected chi connectivity index (χ1v) is 17.0. The highest BCUT2D eigenvalue weighted by atomic mass is 32.1. The van der Waals surface area contributed by atoms with Crippen molar-refractivity contribution in [3.05, 3.63) is 40.5 Å². The van der Waals surface area contributed by atoms with Gasteiger partial charge < -0.3 is 35.4 Å². The zero-order valence-corrected chi connectivity index (χ0v) is 26.9. The van der Waals surface area contributed by atoms with Crippen LogP contribution in [-0.2, 0) is 18.0 Å². The van der Waals surface area contributed by atoms with Crippen molar-refractivity contribution < 1.29 is 38.0 Å². The van der Waals surface area contributed by atoms with Crippen LogP contribution in [0.15, 0.2) is 12.1 Å². The van der Waals surface area contributed by atoms with Crippen LogP contribution in [0.5, 0.6) is 6.01 Å². The number of halogens is 3. The zero-order valence-electron chi connectivity index (χ0n) is 26.1. The van der Waals surface area contributed by atoms with Gasteiger partial charge in [-0.15, -0.1) is 11.3 Å². The number of nitriles is 1. The lowest BCUT2D eigenvalue weighted by Crippen LogP contribution is -2.73. The van der Waals surface area contributed by atoms with E-state index in [1.165, 1.54) is 12.1 Å². The van der Waals surface area contributed by atoms with E-state index in [1.54, 1.807) is 0 Å². The molecule has 9 rings (SSSR count). The summed E-state index contributed by atoms with van der Waals surface area (Å²) in [4.78, 5) is 14.6. The number of nitrogens with two attached hydrogens (primary N) is 1. The second-order valence-electron chi connectivity index (χ2n) is 13.8. The Morgan fingerprint density at radius 1 is 1.10 bits per heavy atom. The molecule has 2 aromatic carbocycles. The van der Waals surface area contributed by atoms with Crippen molar-refractivity contribution in [2.24, 2.45) is 0 Å². The minimum Gasteiger partial charge on any atom is -0.461 e. The first-order valence-electron chi connectivity index (χ1n) is 16.2. The number of thiophene rings is 1. The molecule has 256 valence electrons. The monoisotopic (exact) mass is 695 g/mol. The molecule has 0 spiro atoms. The maximum absolute atomic E-state index is 17.4. The summed E-state index contributed by atoms with van der Waals surface area (Å²) in [7, 11) is 0. The molecule has 12 nitrogen and oxygen atoms in total. The number of hydrogen-bond donors (Lipinski definition) is 4. The number of alkyl halides is 1. The van der Waals surface area contributed by atoms with Gasteiger partial charge in [0.25, 0.3) is 0 Å². The van der Waals surface area contributed by atoms with E-state index in [2.05, 4.69) is 16.0 Å². The minimum absolute atomic E-state index is 0.0298. The van der Waals surface area contributed by atoms with Gasteiger partial charge in [-0.3, -0.25) is 4.90 Å². The number of anilines is 2. The Hall–Kier alpha value is -3.82. The second-order valence-corrected chi connectivity index (χ2v) is 14.8. The number of hydrogen-bond acceptors (Lipinski definition) is 13. The van der Waals surface area contributed by atoms with Crippen LogP contribution >= 0.6 is 11.3 Å². The normalized spacial score (nSPS) is 26.7.